The quantitative estimate of drug-likeness (QED) is 0.836. The number of carbonyl (C=O) groups is 1. The monoisotopic (exact) mass is 253 g/mol. The second-order valence-corrected chi connectivity index (χ2v) is 5.37. The maximum Gasteiger partial charge on any atom is 0.256 e. The van der Waals surface area contributed by atoms with E-state index < -0.39 is 0 Å². The standard InChI is InChI=1S/C12H16ClN3O/c1-12(2)4-3-5-16(12)11(17)8-6-10(14)15-7-9(8)13/h6-7H,3-5H2,1-2H3,(H2,14,15). The summed E-state index contributed by atoms with van der Waals surface area (Å²) < 4.78 is 0. The fraction of sp³-hybridized carbons (Fsp3) is 0.500. The van der Waals surface area contributed by atoms with Crippen LogP contribution in [0, 0.1) is 0 Å². The van der Waals surface area contributed by atoms with Crippen molar-refractivity contribution in [1.82, 2.24) is 9.88 Å². The van der Waals surface area contributed by atoms with E-state index >= 15 is 0 Å². The third-order valence-corrected chi connectivity index (χ3v) is 3.55. The van der Waals surface area contributed by atoms with E-state index in [0.717, 1.165) is 19.4 Å². The smallest absolute Gasteiger partial charge is 0.256 e. The summed E-state index contributed by atoms with van der Waals surface area (Å²) in [5, 5.41) is 0.354. The van der Waals surface area contributed by atoms with Crippen LogP contribution < -0.4 is 5.73 Å². The molecule has 1 aromatic rings. The van der Waals surface area contributed by atoms with E-state index in [9.17, 15) is 4.79 Å². The summed E-state index contributed by atoms with van der Waals surface area (Å²) in [5.41, 5.74) is 5.92. The van der Waals surface area contributed by atoms with Gasteiger partial charge in [0.2, 0.25) is 0 Å². The Morgan fingerprint density at radius 1 is 1.59 bits per heavy atom. The van der Waals surface area contributed by atoms with Crippen molar-refractivity contribution in [3.8, 4) is 0 Å². The Labute approximate surface area is 106 Å². The molecular formula is C12H16ClN3O. The Balaban J connectivity index is 2.34. The van der Waals surface area contributed by atoms with Crippen molar-refractivity contribution >= 4 is 23.3 Å². The first-order valence-electron chi connectivity index (χ1n) is 5.65. The minimum Gasteiger partial charge on any atom is -0.384 e. The van der Waals surface area contributed by atoms with Crippen molar-refractivity contribution in [3.05, 3.63) is 22.8 Å². The van der Waals surface area contributed by atoms with Crippen molar-refractivity contribution in [3.63, 3.8) is 0 Å². The number of carbonyl (C=O) groups excluding carboxylic acids is 1. The highest BCUT2D eigenvalue weighted by Crippen LogP contribution is 2.31. The highest BCUT2D eigenvalue weighted by Gasteiger charge is 2.36. The predicted octanol–water partition coefficient (Wildman–Crippen LogP) is 2.33. The summed E-state index contributed by atoms with van der Waals surface area (Å²) in [6, 6.07) is 1.54. The van der Waals surface area contributed by atoms with Crippen molar-refractivity contribution in [1.29, 1.82) is 0 Å². The third-order valence-electron chi connectivity index (χ3n) is 3.25. The molecule has 1 aliphatic heterocycles. The highest BCUT2D eigenvalue weighted by atomic mass is 35.5. The van der Waals surface area contributed by atoms with Gasteiger partial charge in [0.1, 0.15) is 5.82 Å². The molecule has 0 bridgehead atoms. The molecule has 2 rings (SSSR count). The summed E-state index contributed by atoms with van der Waals surface area (Å²) in [6.45, 7) is 4.90. The van der Waals surface area contributed by atoms with Gasteiger partial charge >= 0.3 is 0 Å². The summed E-state index contributed by atoms with van der Waals surface area (Å²) >= 11 is 6.00. The van der Waals surface area contributed by atoms with Crippen LogP contribution >= 0.6 is 11.6 Å². The molecule has 0 aliphatic carbocycles. The van der Waals surface area contributed by atoms with Crippen LogP contribution in [-0.2, 0) is 0 Å². The minimum absolute atomic E-state index is 0.0633. The number of nitrogen functional groups attached to an aromatic ring is 1. The summed E-state index contributed by atoms with van der Waals surface area (Å²) in [6.07, 6.45) is 3.46. The first-order chi connectivity index (χ1) is 7.92. The zero-order valence-electron chi connectivity index (χ0n) is 10.0. The molecule has 2 N–H and O–H groups in total. The van der Waals surface area contributed by atoms with E-state index in [-0.39, 0.29) is 11.4 Å². The summed E-state index contributed by atoms with van der Waals surface area (Å²) in [5.74, 6) is 0.251. The molecule has 1 fully saturated rings. The van der Waals surface area contributed by atoms with E-state index in [4.69, 9.17) is 17.3 Å². The molecule has 1 aliphatic rings. The topological polar surface area (TPSA) is 59.2 Å². The third kappa shape index (κ3) is 2.22. The summed E-state index contributed by atoms with van der Waals surface area (Å²) in [4.78, 5) is 18.1. The van der Waals surface area contributed by atoms with Gasteiger partial charge in [0.05, 0.1) is 10.6 Å². The van der Waals surface area contributed by atoms with Crippen LogP contribution in [0.25, 0.3) is 0 Å². The van der Waals surface area contributed by atoms with E-state index in [1.165, 1.54) is 6.20 Å². The second-order valence-electron chi connectivity index (χ2n) is 4.96. The molecule has 1 aromatic heterocycles. The first-order valence-corrected chi connectivity index (χ1v) is 6.02. The van der Waals surface area contributed by atoms with Gasteiger partial charge in [-0.2, -0.15) is 0 Å². The zero-order valence-corrected chi connectivity index (χ0v) is 10.8. The molecule has 92 valence electrons. The van der Waals surface area contributed by atoms with Crippen molar-refractivity contribution in [2.24, 2.45) is 0 Å². The van der Waals surface area contributed by atoms with Crippen LogP contribution in [0.2, 0.25) is 5.02 Å². The number of hydrogen-bond donors (Lipinski definition) is 1. The average Bonchev–Trinajstić information content (AvgIpc) is 2.61. The maximum atomic E-state index is 12.4. The van der Waals surface area contributed by atoms with Gasteiger partial charge in [0, 0.05) is 18.3 Å². The number of halogens is 1. The summed E-state index contributed by atoms with van der Waals surface area (Å²) in [7, 11) is 0. The Bertz CT molecular complexity index is 459. The molecule has 4 nitrogen and oxygen atoms in total. The second kappa shape index (κ2) is 4.18. The lowest BCUT2D eigenvalue weighted by molar-refractivity contribution is 0.0652. The lowest BCUT2D eigenvalue weighted by Crippen LogP contribution is -2.42. The van der Waals surface area contributed by atoms with Gasteiger partial charge in [0.15, 0.2) is 0 Å². The Hall–Kier alpha value is -1.29. The minimum atomic E-state index is -0.113. The number of anilines is 1. The molecule has 2 heterocycles. The van der Waals surface area contributed by atoms with Crippen molar-refractivity contribution < 1.29 is 4.79 Å². The van der Waals surface area contributed by atoms with Gasteiger partial charge < -0.3 is 10.6 Å². The molecule has 1 amide bonds. The number of nitrogens with zero attached hydrogens (tertiary/aromatic N) is 2. The van der Waals surface area contributed by atoms with E-state index in [1.54, 1.807) is 6.07 Å². The van der Waals surface area contributed by atoms with Gasteiger partial charge in [-0.05, 0) is 32.8 Å². The van der Waals surface area contributed by atoms with Gasteiger partial charge in [-0.25, -0.2) is 4.98 Å². The molecule has 1 saturated heterocycles. The number of pyridine rings is 1. The molecule has 17 heavy (non-hydrogen) atoms. The Morgan fingerprint density at radius 2 is 2.29 bits per heavy atom. The molecule has 5 heteroatoms. The van der Waals surface area contributed by atoms with Crippen LogP contribution in [-0.4, -0.2) is 27.9 Å². The average molecular weight is 254 g/mol. The number of nitrogens with two attached hydrogens (primary N) is 1. The van der Waals surface area contributed by atoms with Crippen LogP contribution in [0.5, 0.6) is 0 Å². The first kappa shape index (κ1) is 12.2. The molecule has 0 atom stereocenters. The number of rotatable bonds is 1. The van der Waals surface area contributed by atoms with Gasteiger partial charge in [-0.15, -0.1) is 0 Å². The zero-order chi connectivity index (χ0) is 12.6. The predicted molar refractivity (Wildman–Crippen MR) is 68.0 cm³/mol. The van der Waals surface area contributed by atoms with E-state index in [0.29, 0.717) is 16.4 Å². The van der Waals surface area contributed by atoms with Crippen LogP contribution in [0.1, 0.15) is 37.0 Å². The molecule has 0 radical (unpaired) electrons. The fourth-order valence-corrected chi connectivity index (χ4v) is 2.43. The number of aromatic nitrogens is 1. The lowest BCUT2D eigenvalue weighted by atomic mass is 10.0. The van der Waals surface area contributed by atoms with Crippen molar-refractivity contribution in [2.75, 3.05) is 12.3 Å². The van der Waals surface area contributed by atoms with E-state index in [1.807, 2.05) is 4.90 Å². The van der Waals surface area contributed by atoms with Crippen LogP contribution in [0.3, 0.4) is 0 Å². The van der Waals surface area contributed by atoms with Crippen molar-refractivity contribution in [2.45, 2.75) is 32.2 Å². The maximum absolute atomic E-state index is 12.4. The normalized spacial score (nSPS) is 18.4. The van der Waals surface area contributed by atoms with Gasteiger partial charge in [-0.3, -0.25) is 4.79 Å². The fourth-order valence-electron chi connectivity index (χ4n) is 2.25. The SMILES string of the molecule is CC1(C)CCCN1C(=O)c1cc(N)ncc1Cl. The van der Waals surface area contributed by atoms with Crippen LogP contribution in [0.4, 0.5) is 5.82 Å². The Morgan fingerprint density at radius 3 is 2.88 bits per heavy atom. The molecule has 0 saturated carbocycles. The molecular weight excluding hydrogens is 238 g/mol. The van der Waals surface area contributed by atoms with Gasteiger partial charge in [0.25, 0.3) is 5.91 Å². The number of amides is 1. The number of hydrogen-bond acceptors (Lipinski definition) is 3. The Kier molecular flexibility index (Phi) is 3.00. The number of likely N-dealkylation sites (tertiary alicyclic amines) is 1. The highest BCUT2D eigenvalue weighted by molar-refractivity contribution is 6.33. The van der Waals surface area contributed by atoms with E-state index in [2.05, 4.69) is 18.8 Å². The van der Waals surface area contributed by atoms with Gasteiger partial charge in [-0.1, -0.05) is 11.6 Å². The molecule has 0 aromatic carbocycles. The largest absolute Gasteiger partial charge is 0.384 e. The molecule has 0 unspecified atom stereocenters. The molecule has 0 spiro atoms. The lowest BCUT2D eigenvalue weighted by Gasteiger charge is -2.31. The van der Waals surface area contributed by atoms with Crippen LogP contribution in [0.15, 0.2) is 12.3 Å².